The summed E-state index contributed by atoms with van der Waals surface area (Å²) in [5, 5.41) is 12.8. The van der Waals surface area contributed by atoms with Gasteiger partial charge in [0, 0.05) is 43.0 Å². The highest BCUT2D eigenvalue weighted by Gasteiger charge is 2.50. The molecule has 0 saturated carbocycles. The van der Waals surface area contributed by atoms with Crippen molar-refractivity contribution in [1.29, 1.82) is 0 Å². The summed E-state index contributed by atoms with van der Waals surface area (Å²) in [5.74, 6) is -3.87. The van der Waals surface area contributed by atoms with E-state index in [-0.39, 0.29) is 65.7 Å². The summed E-state index contributed by atoms with van der Waals surface area (Å²) in [6, 6.07) is 9.76. The smallest absolute Gasteiger partial charge is 0.457 e. The van der Waals surface area contributed by atoms with Crippen LogP contribution in [0.3, 0.4) is 0 Å². The van der Waals surface area contributed by atoms with Crippen molar-refractivity contribution < 1.29 is 57.1 Å². The Balaban J connectivity index is 1.35. The van der Waals surface area contributed by atoms with E-state index in [1.807, 2.05) is 39.0 Å². The first-order valence-corrected chi connectivity index (χ1v) is 28.4. The summed E-state index contributed by atoms with van der Waals surface area (Å²) in [6.07, 6.45) is 6.02. The topological polar surface area (TPSA) is 208 Å². The number of esters is 2. The Hall–Kier alpha value is -5.85. The number of unbranched alkanes of at least 4 members (excludes halogenated alkanes) is 2. The number of amides is 2. The van der Waals surface area contributed by atoms with E-state index in [2.05, 4.69) is 51.5 Å². The van der Waals surface area contributed by atoms with E-state index in [9.17, 15) is 34.1 Å². The van der Waals surface area contributed by atoms with Crippen molar-refractivity contribution in [3.05, 3.63) is 99.1 Å². The fourth-order valence-corrected chi connectivity index (χ4v) is 10.9. The molecule has 3 aromatic rings. The molecule has 2 amide bonds. The predicted octanol–water partition coefficient (Wildman–Crippen LogP) is 11.9. The first kappa shape index (κ1) is 57.1. The van der Waals surface area contributed by atoms with Crippen LogP contribution in [0.25, 0.3) is 10.2 Å². The molecule has 2 aliphatic heterocycles. The summed E-state index contributed by atoms with van der Waals surface area (Å²) in [6.45, 7) is 23.5. The first-order chi connectivity index (χ1) is 33.8. The van der Waals surface area contributed by atoms with E-state index < -0.39 is 73.3 Å². The number of carbonyl (C=O) groups excluding carboxylic acids is 6. The number of ether oxygens (including phenoxy) is 4. The third-order valence-corrected chi connectivity index (χ3v) is 19.5. The highest BCUT2D eigenvalue weighted by atomic mass is 32.1. The minimum Gasteiger partial charge on any atom is -0.457 e. The third-order valence-electron chi connectivity index (χ3n) is 14.0. The number of nitro benzene ring substituents is 1. The van der Waals surface area contributed by atoms with Gasteiger partial charge in [0.2, 0.25) is 5.75 Å². The number of benzene rings is 2. The van der Waals surface area contributed by atoms with Crippen LogP contribution in [0.1, 0.15) is 135 Å². The number of cyclic esters (lactones) is 1. The molecule has 390 valence electrons. The molecular formula is C54H71N3O13SSi. The molecule has 1 aromatic heterocycles. The highest BCUT2D eigenvalue weighted by molar-refractivity contribution is 7.18. The van der Waals surface area contributed by atoms with Gasteiger partial charge in [0.05, 0.1) is 38.6 Å². The normalized spacial score (nSPS) is 21.6. The molecule has 72 heavy (non-hydrogen) atoms. The molecule has 3 heterocycles. The quantitative estimate of drug-likeness (QED) is 0.0191. The predicted molar refractivity (Wildman–Crippen MR) is 276 cm³/mol. The van der Waals surface area contributed by atoms with Crippen LogP contribution in [0.15, 0.2) is 72.9 Å². The van der Waals surface area contributed by atoms with Gasteiger partial charge in [0.1, 0.15) is 24.6 Å². The van der Waals surface area contributed by atoms with Crippen LogP contribution in [-0.2, 0) is 49.2 Å². The zero-order valence-corrected chi connectivity index (χ0v) is 45.2. The van der Waals surface area contributed by atoms with Crippen LogP contribution in [0.4, 0.5) is 10.5 Å². The Bertz CT molecular complexity index is 2560. The van der Waals surface area contributed by atoms with Gasteiger partial charge < -0.3 is 23.4 Å². The van der Waals surface area contributed by atoms with Crippen LogP contribution in [-0.4, -0.2) is 77.6 Å². The lowest BCUT2D eigenvalue weighted by Crippen LogP contribution is -2.53. The molecule has 0 saturated heterocycles. The molecule has 0 fully saturated rings. The number of aromatic nitrogens is 1. The van der Waals surface area contributed by atoms with Gasteiger partial charge in [-0.15, -0.1) is 17.9 Å². The Kier molecular flexibility index (Phi) is 19.6. The highest BCUT2D eigenvalue weighted by Crippen LogP contribution is 2.43. The number of fused-ring (bicyclic) bond motifs is 1. The molecule has 16 nitrogen and oxygen atoms in total. The van der Waals surface area contributed by atoms with Gasteiger partial charge in [-0.2, -0.15) is 0 Å². The largest absolute Gasteiger partial charge is 0.508 e. The number of carbonyl (C=O) groups is 6. The SMILES string of the molecule is C=CC[C@H]1C(=O)C(C)(C)[C@@H](O[Si](C)(C)C(C)(C)C)CC(=O)O[C@H](c2ccc3sc(C)nc3c2)CC=C(C)CCC[C@H](C)[C@@H]1OC(=O)OCc1ccc(OC(=O)CCCCCN2C(=O)C=CC2=O)c([N+](=O)[O-])c1. The van der Waals surface area contributed by atoms with Gasteiger partial charge in [-0.3, -0.25) is 39.0 Å². The lowest BCUT2D eigenvalue weighted by molar-refractivity contribution is -0.385. The lowest BCUT2D eigenvalue weighted by atomic mass is 9.71. The van der Waals surface area contributed by atoms with Gasteiger partial charge in [-0.25, -0.2) is 9.78 Å². The van der Waals surface area contributed by atoms with Crippen molar-refractivity contribution in [2.24, 2.45) is 17.3 Å². The summed E-state index contributed by atoms with van der Waals surface area (Å²) in [4.78, 5) is 96.8. The number of allylic oxidation sites excluding steroid dienone is 2. The molecule has 5 atom stereocenters. The van der Waals surface area contributed by atoms with Crippen molar-refractivity contribution in [3.63, 3.8) is 0 Å². The fraction of sp³-hybridized carbons (Fsp3) is 0.537. The standard InChI is InChI=1S/C54H71N3O13SSi/c1-12-17-39-50(69-52(63)66-33-37-22-25-43(41(30-37)57(64)65)68-48(60)20-14-13-15-29-56-46(58)27-28-47(56)59)35(3)19-16-18-34(2)21-24-42(38-23-26-44-40(31-38)55-36(4)71-44)67-49(61)32-45(54(8,9)51(39)62)70-72(10,11)53(5,6)7/h12,21-23,25-28,30-31,35,39,42,45,50H,1,13-20,24,29,32-33H2,2-11H3/t35-,39+,42-,45-,50-/m0/s1. The van der Waals surface area contributed by atoms with Crippen LogP contribution < -0.4 is 4.74 Å². The monoisotopic (exact) mass is 1030 g/mol. The van der Waals surface area contributed by atoms with Crippen molar-refractivity contribution in [1.82, 2.24) is 9.88 Å². The number of ketones is 1. The molecule has 0 spiro atoms. The van der Waals surface area contributed by atoms with E-state index in [1.165, 1.54) is 24.3 Å². The van der Waals surface area contributed by atoms with Crippen molar-refractivity contribution in [2.75, 3.05) is 6.54 Å². The summed E-state index contributed by atoms with van der Waals surface area (Å²) in [5.41, 5.74) is 1.11. The Labute approximate surface area is 427 Å². The van der Waals surface area contributed by atoms with E-state index in [4.69, 9.17) is 23.4 Å². The maximum atomic E-state index is 15.3. The third kappa shape index (κ3) is 15.1. The molecule has 18 heteroatoms. The first-order valence-electron chi connectivity index (χ1n) is 24.7. The van der Waals surface area contributed by atoms with Crippen molar-refractivity contribution in [2.45, 2.75) is 163 Å². The number of aryl methyl sites for hydroxylation is 1. The second-order valence-electron chi connectivity index (χ2n) is 21.0. The maximum absolute atomic E-state index is 15.3. The van der Waals surface area contributed by atoms with Gasteiger partial charge >= 0.3 is 23.8 Å². The minimum atomic E-state index is -2.65. The average Bonchev–Trinajstić information content (AvgIpc) is 3.84. The number of nitro groups is 1. The number of nitrogens with zero attached hydrogens (tertiary/aromatic N) is 3. The number of hydrogen-bond acceptors (Lipinski definition) is 15. The van der Waals surface area contributed by atoms with Gasteiger partial charge in [0.25, 0.3) is 11.8 Å². The Morgan fingerprint density at radius 1 is 1.04 bits per heavy atom. The van der Waals surface area contributed by atoms with Gasteiger partial charge in [-0.1, -0.05) is 77.8 Å². The number of hydrogen-bond donors (Lipinski definition) is 0. The number of thiazole rings is 1. The zero-order chi connectivity index (χ0) is 53.1. The minimum absolute atomic E-state index is 0.0561. The van der Waals surface area contributed by atoms with E-state index in [1.54, 1.807) is 31.3 Å². The summed E-state index contributed by atoms with van der Waals surface area (Å²) < 4.78 is 31.4. The van der Waals surface area contributed by atoms with Gasteiger partial charge in [-0.05, 0) is 106 Å². The van der Waals surface area contributed by atoms with Crippen LogP contribution in [0.2, 0.25) is 18.1 Å². The van der Waals surface area contributed by atoms with Crippen LogP contribution in [0, 0.1) is 34.3 Å². The summed E-state index contributed by atoms with van der Waals surface area (Å²) in [7, 11) is -2.65. The molecule has 0 aliphatic carbocycles. The van der Waals surface area contributed by atoms with E-state index >= 15 is 4.79 Å². The number of rotatable bonds is 16. The van der Waals surface area contributed by atoms with Crippen LogP contribution >= 0.6 is 11.3 Å². The maximum Gasteiger partial charge on any atom is 0.508 e. The Morgan fingerprint density at radius 3 is 2.42 bits per heavy atom. The second-order valence-corrected chi connectivity index (χ2v) is 27.0. The molecule has 0 radical (unpaired) electrons. The van der Waals surface area contributed by atoms with Crippen molar-refractivity contribution >= 4 is 71.2 Å². The molecule has 0 bridgehead atoms. The molecule has 2 aromatic carbocycles. The molecular weight excluding hydrogens is 959 g/mol. The van der Waals surface area contributed by atoms with E-state index in [0.717, 1.165) is 37.3 Å². The molecule has 0 unspecified atom stereocenters. The lowest BCUT2D eigenvalue weighted by Gasteiger charge is -2.45. The van der Waals surface area contributed by atoms with Crippen LogP contribution in [0.5, 0.6) is 5.75 Å². The summed E-state index contributed by atoms with van der Waals surface area (Å²) >= 11 is 1.60. The number of imide groups is 1. The molecule has 0 N–H and O–H groups in total. The van der Waals surface area contributed by atoms with E-state index in [0.29, 0.717) is 44.9 Å². The van der Waals surface area contributed by atoms with Gasteiger partial charge in [0.15, 0.2) is 8.32 Å². The second kappa shape index (κ2) is 24.7. The fourth-order valence-electron chi connectivity index (χ4n) is 8.64. The zero-order valence-electron chi connectivity index (χ0n) is 43.4. The molecule has 2 aliphatic rings. The Morgan fingerprint density at radius 2 is 1.75 bits per heavy atom. The molecule has 5 rings (SSSR count). The average molecular weight is 1030 g/mol. The number of Topliss-reactive ketones (excluding diaryl/α,β-unsaturated/α-hetero) is 1. The van der Waals surface area contributed by atoms with Crippen molar-refractivity contribution in [3.8, 4) is 5.75 Å².